The van der Waals surface area contributed by atoms with Crippen LogP contribution in [0.2, 0.25) is 5.02 Å². The number of anilines is 1. The lowest BCUT2D eigenvalue weighted by molar-refractivity contribution is -0.120. The SMILES string of the molecule is Cc1ccc(NC(=O)C2(C)CC2Cl)cc1Cl. The van der Waals surface area contributed by atoms with E-state index in [1.54, 1.807) is 6.07 Å². The van der Waals surface area contributed by atoms with Gasteiger partial charge in [0.1, 0.15) is 0 Å². The zero-order valence-electron chi connectivity index (χ0n) is 9.18. The highest BCUT2D eigenvalue weighted by Gasteiger charge is 2.55. The Morgan fingerprint density at radius 3 is 2.69 bits per heavy atom. The minimum absolute atomic E-state index is 0.0348. The van der Waals surface area contributed by atoms with Crippen LogP contribution in [0.15, 0.2) is 18.2 Å². The number of hydrogen-bond acceptors (Lipinski definition) is 1. The smallest absolute Gasteiger partial charge is 0.231 e. The van der Waals surface area contributed by atoms with Gasteiger partial charge in [0, 0.05) is 16.1 Å². The van der Waals surface area contributed by atoms with Crippen LogP contribution >= 0.6 is 23.2 Å². The standard InChI is InChI=1S/C12H13Cl2NO/c1-7-3-4-8(5-9(7)13)15-11(16)12(2)6-10(12)14/h3-5,10H,6H2,1-2H3,(H,15,16). The molecule has 2 nitrogen and oxygen atoms in total. The van der Waals surface area contributed by atoms with Gasteiger partial charge in [-0.3, -0.25) is 4.79 Å². The summed E-state index contributed by atoms with van der Waals surface area (Å²) in [6, 6.07) is 5.48. The molecule has 0 aliphatic heterocycles. The maximum atomic E-state index is 11.9. The molecule has 0 spiro atoms. The molecule has 2 rings (SSSR count). The van der Waals surface area contributed by atoms with Gasteiger partial charge < -0.3 is 5.32 Å². The van der Waals surface area contributed by atoms with Crippen molar-refractivity contribution in [2.45, 2.75) is 25.6 Å². The Kier molecular flexibility index (Phi) is 2.89. The molecule has 1 N–H and O–H groups in total. The zero-order valence-corrected chi connectivity index (χ0v) is 10.7. The van der Waals surface area contributed by atoms with E-state index in [0.29, 0.717) is 5.02 Å². The molecule has 4 heteroatoms. The molecule has 0 aromatic heterocycles. The van der Waals surface area contributed by atoms with Crippen molar-refractivity contribution in [3.63, 3.8) is 0 Å². The molecule has 1 aromatic rings. The molecule has 0 saturated heterocycles. The molecule has 1 amide bonds. The summed E-state index contributed by atoms with van der Waals surface area (Å²) < 4.78 is 0. The molecule has 16 heavy (non-hydrogen) atoms. The molecule has 1 aliphatic carbocycles. The number of alkyl halides is 1. The second-order valence-electron chi connectivity index (χ2n) is 4.51. The van der Waals surface area contributed by atoms with Crippen LogP contribution in [0.1, 0.15) is 18.9 Å². The average molecular weight is 258 g/mol. The minimum atomic E-state index is -0.418. The molecule has 0 bridgehead atoms. The van der Waals surface area contributed by atoms with Crippen LogP contribution < -0.4 is 5.32 Å². The summed E-state index contributed by atoms with van der Waals surface area (Å²) in [6.45, 7) is 3.79. The van der Waals surface area contributed by atoms with Crippen LogP contribution in [0.4, 0.5) is 5.69 Å². The summed E-state index contributed by atoms with van der Waals surface area (Å²) in [6.07, 6.45) is 0.736. The Labute approximate surface area is 105 Å². The first-order chi connectivity index (χ1) is 7.43. The van der Waals surface area contributed by atoms with E-state index in [9.17, 15) is 4.79 Å². The van der Waals surface area contributed by atoms with E-state index < -0.39 is 5.41 Å². The topological polar surface area (TPSA) is 29.1 Å². The highest BCUT2D eigenvalue weighted by atomic mass is 35.5. The van der Waals surface area contributed by atoms with Crippen molar-refractivity contribution in [2.24, 2.45) is 5.41 Å². The van der Waals surface area contributed by atoms with E-state index >= 15 is 0 Å². The lowest BCUT2D eigenvalue weighted by Crippen LogP contribution is -2.23. The maximum absolute atomic E-state index is 11.9. The quantitative estimate of drug-likeness (QED) is 0.807. The second-order valence-corrected chi connectivity index (χ2v) is 5.44. The lowest BCUT2D eigenvalue weighted by atomic mass is 10.1. The van der Waals surface area contributed by atoms with Gasteiger partial charge in [-0.1, -0.05) is 17.7 Å². The van der Waals surface area contributed by atoms with Crippen molar-refractivity contribution in [1.29, 1.82) is 0 Å². The third-order valence-electron chi connectivity index (χ3n) is 3.08. The molecular formula is C12H13Cl2NO. The number of rotatable bonds is 2. The molecule has 86 valence electrons. The zero-order chi connectivity index (χ0) is 11.9. The van der Waals surface area contributed by atoms with E-state index in [2.05, 4.69) is 5.32 Å². The van der Waals surface area contributed by atoms with Crippen molar-refractivity contribution >= 4 is 34.8 Å². The third kappa shape index (κ3) is 2.04. The first-order valence-electron chi connectivity index (χ1n) is 5.15. The van der Waals surface area contributed by atoms with Crippen LogP contribution in [-0.2, 0) is 4.79 Å². The van der Waals surface area contributed by atoms with Crippen LogP contribution in [-0.4, -0.2) is 11.3 Å². The van der Waals surface area contributed by atoms with Gasteiger partial charge in [0.2, 0.25) is 5.91 Å². The van der Waals surface area contributed by atoms with Crippen molar-refractivity contribution in [2.75, 3.05) is 5.32 Å². The molecule has 1 fully saturated rings. The minimum Gasteiger partial charge on any atom is -0.326 e. The van der Waals surface area contributed by atoms with Gasteiger partial charge in [0.15, 0.2) is 0 Å². The number of aryl methyl sites for hydroxylation is 1. The molecule has 0 heterocycles. The Morgan fingerprint density at radius 2 is 2.19 bits per heavy atom. The third-order valence-corrected chi connectivity index (χ3v) is 4.13. The number of carbonyl (C=O) groups is 1. The van der Waals surface area contributed by atoms with Crippen molar-refractivity contribution in [1.82, 2.24) is 0 Å². The Balaban J connectivity index is 2.10. The maximum Gasteiger partial charge on any atom is 0.231 e. The summed E-state index contributed by atoms with van der Waals surface area (Å²) in [5.74, 6) is -0.0348. The molecule has 1 saturated carbocycles. The highest BCUT2D eigenvalue weighted by Crippen LogP contribution is 2.50. The first-order valence-corrected chi connectivity index (χ1v) is 5.96. The van der Waals surface area contributed by atoms with E-state index in [4.69, 9.17) is 23.2 Å². The summed E-state index contributed by atoms with van der Waals surface area (Å²) >= 11 is 11.9. The molecule has 2 unspecified atom stereocenters. The van der Waals surface area contributed by atoms with Gasteiger partial charge in [-0.2, -0.15) is 0 Å². The molecular weight excluding hydrogens is 245 g/mol. The first kappa shape index (κ1) is 11.7. The summed E-state index contributed by atoms with van der Waals surface area (Å²) in [5, 5.41) is 3.44. The second kappa shape index (κ2) is 3.94. The summed E-state index contributed by atoms with van der Waals surface area (Å²) in [4.78, 5) is 11.9. The summed E-state index contributed by atoms with van der Waals surface area (Å²) in [7, 11) is 0. The number of nitrogens with one attached hydrogen (secondary N) is 1. The van der Waals surface area contributed by atoms with E-state index in [-0.39, 0.29) is 11.3 Å². The Morgan fingerprint density at radius 1 is 1.56 bits per heavy atom. The van der Waals surface area contributed by atoms with Crippen LogP contribution in [0.5, 0.6) is 0 Å². The van der Waals surface area contributed by atoms with Gasteiger partial charge >= 0.3 is 0 Å². The van der Waals surface area contributed by atoms with Crippen molar-refractivity contribution in [3.8, 4) is 0 Å². The summed E-state index contributed by atoms with van der Waals surface area (Å²) in [5.41, 5.74) is 1.30. The van der Waals surface area contributed by atoms with Crippen LogP contribution in [0.3, 0.4) is 0 Å². The lowest BCUT2D eigenvalue weighted by Gasteiger charge is -2.11. The number of benzene rings is 1. The van der Waals surface area contributed by atoms with Gasteiger partial charge in [0.05, 0.1) is 5.41 Å². The molecule has 1 aromatic carbocycles. The predicted octanol–water partition coefficient (Wildman–Crippen LogP) is 3.60. The normalized spacial score (nSPS) is 27.6. The van der Waals surface area contributed by atoms with E-state index in [1.165, 1.54) is 0 Å². The fourth-order valence-electron chi connectivity index (χ4n) is 1.49. The van der Waals surface area contributed by atoms with E-state index in [0.717, 1.165) is 17.7 Å². The van der Waals surface area contributed by atoms with Crippen molar-refractivity contribution < 1.29 is 4.79 Å². The van der Waals surface area contributed by atoms with Crippen LogP contribution in [0, 0.1) is 12.3 Å². The Hall–Kier alpha value is -0.730. The number of amides is 1. The average Bonchev–Trinajstić information content (AvgIpc) is 2.82. The van der Waals surface area contributed by atoms with Crippen LogP contribution in [0.25, 0.3) is 0 Å². The highest BCUT2D eigenvalue weighted by molar-refractivity contribution is 6.31. The number of halogens is 2. The fourth-order valence-corrected chi connectivity index (χ4v) is 2.09. The number of carbonyl (C=O) groups excluding carboxylic acids is 1. The van der Waals surface area contributed by atoms with Gasteiger partial charge in [-0.25, -0.2) is 0 Å². The fraction of sp³-hybridized carbons (Fsp3) is 0.417. The number of hydrogen-bond donors (Lipinski definition) is 1. The molecule has 0 radical (unpaired) electrons. The van der Waals surface area contributed by atoms with Gasteiger partial charge in [-0.15, -0.1) is 11.6 Å². The molecule has 1 aliphatic rings. The molecule has 2 atom stereocenters. The van der Waals surface area contributed by atoms with Gasteiger partial charge in [-0.05, 0) is 38.0 Å². The van der Waals surface area contributed by atoms with Gasteiger partial charge in [0.25, 0.3) is 0 Å². The Bertz CT molecular complexity index is 447. The van der Waals surface area contributed by atoms with Crippen molar-refractivity contribution in [3.05, 3.63) is 28.8 Å². The predicted molar refractivity (Wildman–Crippen MR) is 67.2 cm³/mol. The van der Waals surface area contributed by atoms with E-state index in [1.807, 2.05) is 26.0 Å². The largest absolute Gasteiger partial charge is 0.326 e. The monoisotopic (exact) mass is 257 g/mol.